The summed E-state index contributed by atoms with van der Waals surface area (Å²) in [4.78, 5) is 4.54. The minimum absolute atomic E-state index is 0.662. The van der Waals surface area contributed by atoms with Crippen molar-refractivity contribution in [3.05, 3.63) is 59.5 Å². The summed E-state index contributed by atoms with van der Waals surface area (Å²) in [6, 6.07) is 15.6. The first-order valence-electron chi connectivity index (χ1n) is 7.90. The number of methoxy groups -OCH3 is 1. The van der Waals surface area contributed by atoms with Crippen LogP contribution in [0.5, 0.6) is 11.5 Å². The van der Waals surface area contributed by atoms with Crippen molar-refractivity contribution in [2.24, 2.45) is 5.10 Å². The zero-order valence-electron chi connectivity index (χ0n) is 14.1. The van der Waals surface area contributed by atoms with Gasteiger partial charge in [0.2, 0.25) is 5.13 Å². The van der Waals surface area contributed by atoms with Crippen molar-refractivity contribution in [1.82, 2.24) is 4.98 Å². The van der Waals surface area contributed by atoms with E-state index in [2.05, 4.69) is 15.5 Å². The van der Waals surface area contributed by atoms with Crippen LogP contribution in [0.1, 0.15) is 12.5 Å². The Morgan fingerprint density at radius 1 is 1.08 bits per heavy atom. The fourth-order valence-electron chi connectivity index (χ4n) is 2.20. The molecule has 0 fully saturated rings. The lowest BCUT2D eigenvalue weighted by molar-refractivity contribution is 0.340. The van der Waals surface area contributed by atoms with E-state index >= 15 is 0 Å². The highest BCUT2D eigenvalue weighted by Gasteiger charge is 2.04. The molecule has 0 unspecified atom stereocenters. The van der Waals surface area contributed by atoms with Gasteiger partial charge in [0.05, 0.1) is 25.6 Å². The summed E-state index contributed by atoms with van der Waals surface area (Å²) < 4.78 is 10.6. The zero-order chi connectivity index (χ0) is 17.5. The van der Waals surface area contributed by atoms with E-state index in [4.69, 9.17) is 9.47 Å². The van der Waals surface area contributed by atoms with Gasteiger partial charge in [0.15, 0.2) is 0 Å². The third kappa shape index (κ3) is 4.58. The molecule has 5 nitrogen and oxygen atoms in total. The molecule has 0 saturated carbocycles. The zero-order valence-corrected chi connectivity index (χ0v) is 14.9. The summed E-state index contributed by atoms with van der Waals surface area (Å²) in [7, 11) is 1.66. The molecule has 0 radical (unpaired) electrons. The topological polar surface area (TPSA) is 55.7 Å². The third-order valence-corrected chi connectivity index (χ3v) is 4.20. The fourth-order valence-corrected chi connectivity index (χ4v) is 2.87. The second-order valence-corrected chi connectivity index (χ2v) is 6.00. The van der Waals surface area contributed by atoms with Gasteiger partial charge in [-0.1, -0.05) is 0 Å². The minimum atomic E-state index is 0.662. The SMILES string of the molecule is CCOc1ccc(/C=N\Nc2nc(-c3ccc(OC)cc3)cs2)cc1. The van der Waals surface area contributed by atoms with Gasteiger partial charge in [0, 0.05) is 10.9 Å². The molecule has 0 aliphatic carbocycles. The Labute approximate surface area is 151 Å². The van der Waals surface area contributed by atoms with Gasteiger partial charge in [-0.15, -0.1) is 11.3 Å². The van der Waals surface area contributed by atoms with E-state index in [0.29, 0.717) is 6.61 Å². The second-order valence-electron chi connectivity index (χ2n) is 5.14. The summed E-state index contributed by atoms with van der Waals surface area (Å²) >= 11 is 1.51. The molecular formula is C19H19N3O2S. The lowest BCUT2D eigenvalue weighted by atomic mass is 10.2. The molecule has 2 aromatic carbocycles. The van der Waals surface area contributed by atoms with Gasteiger partial charge < -0.3 is 9.47 Å². The van der Waals surface area contributed by atoms with Gasteiger partial charge in [-0.3, -0.25) is 5.43 Å². The highest BCUT2D eigenvalue weighted by molar-refractivity contribution is 7.14. The molecule has 1 aromatic heterocycles. The number of benzene rings is 2. The van der Waals surface area contributed by atoms with E-state index < -0.39 is 0 Å². The molecule has 0 aliphatic rings. The van der Waals surface area contributed by atoms with Crippen molar-refractivity contribution < 1.29 is 9.47 Å². The van der Waals surface area contributed by atoms with Crippen LogP contribution in [0.25, 0.3) is 11.3 Å². The molecule has 3 rings (SSSR count). The lowest BCUT2D eigenvalue weighted by Crippen LogP contribution is -1.92. The van der Waals surface area contributed by atoms with E-state index in [9.17, 15) is 0 Å². The number of aromatic nitrogens is 1. The fraction of sp³-hybridized carbons (Fsp3) is 0.158. The number of ether oxygens (including phenoxy) is 2. The Morgan fingerprint density at radius 3 is 2.48 bits per heavy atom. The summed E-state index contributed by atoms with van der Waals surface area (Å²) in [5, 5.41) is 6.97. The Bertz CT molecular complexity index is 827. The van der Waals surface area contributed by atoms with Gasteiger partial charge >= 0.3 is 0 Å². The van der Waals surface area contributed by atoms with Crippen LogP contribution in [0.15, 0.2) is 59.0 Å². The smallest absolute Gasteiger partial charge is 0.203 e. The van der Waals surface area contributed by atoms with Crippen LogP contribution in [0.4, 0.5) is 5.13 Å². The Balaban J connectivity index is 1.60. The van der Waals surface area contributed by atoms with Crippen molar-refractivity contribution in [1.29, 1.82) is 0 Å². The molecule has 25 heavy (non-hydrogen) atoms. The van der Waals surface area contributed by atoms with E-state index in [1.807, 2.05) is 60.8 Å². The normalized spacial score (nSPS) is 10.8. The van der Waals surface area contributed by atoms with Gasteiger partial charge in [-0.2, -0.15) is 5.10 Å². The van der Waals surface area contributed by atoms with Crippen LogP contribution in [0, 0.1) is 0 Å². The number of hydrogen-bond acceptors (Lipinski definition) is 6. The van der Waals surface area contributed by atoms with E-state index in [1.54, 1.807) is 13.3 Å². The monoisotopic (exact) mass is 353 g/mol. The van der Waals surface area contributed by atoms with Gasteiger partial charge in [0.25, 0.3) is 0 Å². The van der Waals surface area contributed by atoms with Crippen molar-refractivity contribution in [3.63, 3.8) is 0 Å². The molecule has 6 heteroatoms. The first kappa shape index (κ1) is 17.0. The quantitative estimate of drug-likeness (QED) is 0.496. The maximum atomic E-state index is 5.42. The molecule has 1 N–H and O–H groups in total. The highest BCUT2D eigenvalue weighted by atomic mass is 32.1. The molecule has 0 bridgehead atoms. The summed E-state index contributed by atoms with van der Waals surface area (Å²) in [5.74, 6) is 1.69. The molecule has 1 heterocycles. The lowest BCUT2D eigenvalue weighted by Gasteiger charge is -2.02. The first-order chi connectivity index (χ1) is 12.3. The molecule has 0 aliphatic heterocycles. The van der Waals surface area contributed by atoms with Crippen LogP contribution in [0.2, 0.25) is 0 Å². The predicted molar refractivity (Wildman–Crippen MR) is 103 cm³/mol. The summed E-state index contributed by atoms with van der Waals surface area (Å²) in [5.41, 5.74) is 5.91. The van der Waals surface area contributed by atoms with Crippen molar-refractivity contribution in [3.8, 4) is 22.8 Å². The van der Waals surface area contributed by atoms with Gasteiger partial charge in [0.1, 0.15) is 11.5 Å². The third-order valence-electron chi connectivity index (χ3n) is 3.45. The van der Waals surface area contributed by atoms with Crippen LogP contribution >= 0.6 is 11.3 Å². The maximum absolute atomic E-state index is 5.42. The minimum Gasteiger partial charge on any atom is -0.497 e. The molecule has 0 atom stereocenters. The van der Waals surface area contributed by atoms with Crippen molar-refractivity contribution in [2.75, 3.05) is 19.1 Å². The predicted octanol–water partition coefficient (Wildman–Crippen LogP) is 4.66. The molecule has 0 amide bonds. The van der Waals surface area contributed by atoms with Crippen LogP contribution in [-0.2, 0) is 0 Å². The largest absolute Gasteiger partial charge is 0.497 e. The number of thiazole rings is 1. The van der Waals surface area contributed by atoms with E-state index in [-0.39, 0.29) is 0 Å². The van der Waals surface area contributed by atoms with Crippen LogP contribution in [0.3, 0.4) is 0 Å². The molecule has 0 spiro atoms. The number of rotatable bonds is 7. The number of nitrogens with one attached hydrogen (secondary N) is 1. The van der Waals surface area contributed by atoms with Crippen LogP contribution in [-0.4, -0.2) is 24.9 Å². The maximum Gasteiger partial charge on any atom is 0.203 e. The Kier molecular flexibility index (Phi) is 5.64. The van der Waals surface area contributed by atoms with E-state index in [1.165, 1.54) is 11.3 Å². The van der Waals surface area contributed by atoms with Crippen LogP contribution < -0.4 is 14.9 Å². The average Bonchev–Trinajstić information content (AvgIpc) is 3.12. The standard InChI is InChI=1S/C19H19N3O2S/c1-3-24-17-8-4-14(5-9-17)12-20-22-19-21-18(13-25-19)15-6-10-16(23-2)11-7-15/h4-13H,3H2,1-2H3,(H,21,22)/b20-12-. The molecule has 3 aromatic rings. The molecular weight excluding hydrogens is 334 g/mol. The first-order valence-corrected chi connectivity index (χ1v) is 8.78. The molecule has 0 saturated heterocycles. The average molecular weight is 353 g/mol. The molecule has 128 valence electrons. The van der Waals surface area contributed by atoms with Gasteiger partial charge in [-0.25, -0.2) is 4.98 Å². The number of anilines is 1. The Hall–Kier alpha value is -2.86. The number of hydrogen-bond donors (Lipinski definition) is 1. The summed E-state index contributed by atoms with van der Waals surface area (Å²) in [6.45, 7) is 2.63. The van der Waals surface area contributed by atoms with Crippen molar-refractivity contribution in [2.45, 2.75) is 6.92 Å². The number of nitrogens with zero attached hydrogens (tertiary/aromatic N) is 2. The Morgan fingerprint density at radius 2 is 1.80 bits per heavy atom. The van der Waals surface area contributed by atoms with Gasteiger partial charge in [-0.05, 0) is 61.0 Å². The number of hydrazone groups is 1. The summed E-state index contributed by atoms with van der Waals surface area (Å²) in [6.07, 6.45) is 1.75. The van der Waals surface area contributed by atoms with Crippen molar-refractivity contribution >= 4 is 22.7 Å². The highest BCUT2D eigenvalue weighted by Crippen LogP contribution is 2.26. The van der Waals surface area contributed by atoms with E-state index in [0.717, 1.165) is 33.5 Å². The second kappa shape index (κ2) is 8.30.